The van der Waals surface area contributed by atoms with Crippen LogP contribution in [0.5, 0.6) is 5.75 Å². The number of rotatable bonds is 7. The third-order valence-corrected chi connectivity index (χ3v) is 5.42. The second-order valence-corrected chi connectivity index (χ2v) is 7.48. The number of hydrogen-bond donors (Lipinski definition) is 1. The lowest BCUT2D eigenvalue weighted by Crippen LogP contribution is -2.41. The molecule has 29 heavy (non-hydrogen) atoms. The van der Waals surface area contributed by atoms with E-state index in [1.54, 1.807) is 0 Å². The van der Waals surface area contributed by atoms with E-state index in [0.717, 1.165) is 30.9 Å². The molecule has 1 amide bonds. The Balaban J connectivity index is 1.63. The molecule has 10 heteroatoms. The number of halogens is 3. The third kappa shape index (κ3) is 5.97. The molecule has 158 valence electrons. The van der Waals surface area contributed by atoms with Crippen molar-refractivity contribution in [1.29, 1.82) is 0 Å². The van der Waals surface area contributed by atoms with Crippen LogP contribution < -0.4 is 10.1 Å². The largest absolute Gasteiger partial charge is 0.497 e. The maximum absolute atomic E-state index is 13.5. The number of morpholine rings is 1. The fraction of sp³-hybridized carbons (Fsp3) is 0.474. The van der Waals surface area contributed by atoms with E-state index < -0.39 is 11.7 Å². The van der Waals surface area contributed by atoms with E-state index in [2.05, 4.69) is 15.2 Å². The Hall–Kier alpha value is -2.04. The van der Waals surface area contributed by atoms with Gasteiger partial charge < -0.3 is 14.8 Å². The molecule has 6 nitrogen and oxygen atoms in total. The molecule has 2 heterocycles. The molecule has 0 atom stereocenters. The topological polar surface area (TPSA) is 63.7 Å². The number of nitrogens with one attached hydrogen (secondary N) is 1. The summed E-state index contributed by atoms with van der Waals surface area (Å²) in [6, 6.07) is 5.25. The average molecular weight is 429 g/mol. The summed E-state index contributed by atoms with van der Waals surface area (Å²) in [5.74, 6) is 0.161. The van der Waals surface area contributed by atoms with Crippen molar-refractivity contribution in [3.8, 4) is 5.75 Å². The summed E-state index contributed by atoms with van der Waals surface area (Å²) < 4.78 is 50.7. The zero-order valence-electron chi connectivity index (χ0n) is 15.9. The third-order valence-electron chi connectivity index (χ3n) is 4.50. The highest BCUT2D eigenvalue weighted by Gasteiger charge is 2.33. The van der Waals surface area contributed by atoms with Gasteiger partial charge in [0.05, 0.1) is 42.2 Å². The van der Waals surface area contributed by atoms with Gasteiger partial charge in [0.1, 0.15) is 5.75 Å². The van der Waals surface area contributed by atoms with Crippen molar-refractivity contribution in [3.05, 3.63) is 29.8 Å². The van der Waals surface area contributed by atoms with E-state index in [1.807, 2.05) is 0 Å². The first-order chi connectivity index (χ1) is 13.9. The van der Waals surface area contributed by atoms with Crippen molar-refractivity contribution >= 4 is 28.6 Å². The number of fused-ring (bicyclic) bond motifs is 1. The van der Waals surface area contributed by atoms with Gasteiger partial charge >= 0.3 is 6.18 Å². The first kappa shape index (κ1) is 21.7. The van der Waals surface area contributed by atoms with Gasteiger partial charge in [-0.1, -0.05) is 11.8 Å². The minimum atomic E-state index is -4.52. The van der Waals surface area contributed by atoms with Crippen LogP contribution in [0.2, 0.25) is 0 Å². The first-order valence-corrected chi connectivity index (χ1v) is 10.1. The molecule has 1 aliphatic rings. The second-order valence-electron chi connectivity index (χ2n) is 6.48. The molecule has 1 aliphatic heterocycles. The molecule has 0 aliphatic carbocycles. The number of aromatic nitrogens is 1. The van der Waals surface area contributed by atoms with Crippen molar-refractivity contribution in [3.63, 3.8) is 0 Å². The predicted octanol–water partition coefficient (Wildman–Crippen LogP) is 2.80. The van der Waals surface area contributed by atoms with E-state index >= 15 is 0 Å². The Morgan fingerprint density at radius 1 is 1.31 bits per heavy atom. The van der Waals surface area contributed by atoms with Crippen LogP contribution in [0.4, 0.5) is 13.2 Å². The molecule has 1 fully saturated rings. The number of ether oxygens (including phenoxy) is 2. The van der Waals surface area contributed by atoms with Crippen LogP contribution in [0.3, 0.4) is 0 Å². The molecule has 1 saturated heterocycles. The van der Waals surface area contributed by atoms with Gasteiger partial charge in [0.2, 0.25) is 5.91 Å². The number of amides is 1. The van der Waals surface area contributed by atoms with E-state index in [-0.39, 0.29) is 27.6 Å². The number of benzene rings is 1. The Morgan fingerprint density at radius 2 is 2.07 bits per heavy atom. The first-order valence-electron chi connectivity index (χ1n) is 9.12. The van der Waals surface area contributed by atoms with Crippen LogP contribution in [-0.2, 0) is 15.7 Å². The molecule has 3 rings (SSSR count). The molecular formula is C19H22F3N3O3S. The van der Waals surface area contributed by atoms with Crippen LogP contribution in [-0.4, -0.2) is 68.0 Å². The molecule has 0 saturated carbocycles. The van der Waals surface area contributed by atoms with E-state index in [1.165, 1.54) is 25.3 Å². The number of carbonyl (C=O) groups is 1. The summed E-state index contributed by atoms with van der Waals surface area (Å²) >= 11 is 0.976. The molecule has 0 radical (unpaired) electrons. The van der Waals surface area contributed by atoms with E-state index in [4.69, 9.17) is 9.47 Å². The Labute approximate surface area is 170 Å². The minimum absolute atomic E-state index is 0.00221. The second kappa shape index (κ2) is 9.64. The zero-order chi connectivity index (χ0) is 20.9. The summed E-state index contributed by atoms with van der Waals surface area (Å²) in [4.78, 5) is 18.5. The molecule has 1 N–H and O–H groups in total. The van der Waals surface area contributed by atoms with Crippen LogP contribution in [0.1, 0.15) is 5.56 Å². The lowest BCUT2D eigenvalue weighted by atomic mass is 10.1. The quantitative estimate of drug-likeness (QED) is 0.683. The highest BCUT2D eigenvalue weighted by Crippen LogP contribution is 2.37. The van der Waals surface area contributed by atoms with Crippen molar-refractivity contribution in [2.24, 2.45) is 0 Å². The van der Waals surface area contributed by atoms with Gasteiger partial charge in [-0.2, -0.15) is 13.2 Å². The molecule has 0 bridgehead atoms. The fourth-order valence-corrected chi connectivity index (χ4v) is 3.73. The molecule has 0 unspecified atom stereocenters. The summed E-state index contributed by atoms with van der Waals surface area (Å²) in [6.45, 7) is 4.22. The highest BCUT2D eigenvalue weighted by atomic mass is 32.2. The summed E-state index contributed by atoms with van der Waals surface area (Å²) in [5, 5.41) is 2.93. The molecule has 1 aromatic heterocycles. The van der Waals surface area contributed by atoms with Crippen molar-refractivity contribution in [2.75, 3.05) is 52.3 Å². The van der Waals surface area contributed by atoms with Crippen molar-refractivity contribution < 1.29 is 27.4 Å². The fourth-order valence-electron chi connectivity index (χ4n) is 2.99. The van der Waals surface area contributed by atoms with Gasteiger partial charge in [-0.25, -0.2) is 4.98 Å². The van der Waals surface area contributed by atoms with Crippen molar-refractivity contribution in [1.82, 2.24) is 15.2 Å². The standard InChI is InChI=1S/C19H22F3N3O3S/c1-27-13-2-3-14-15(19(20,21)22)11-18(24-16(14)10-13)29-12-17(26)23-4-5-25-6-8-28-9-7-25/h2-3,10-11H,4-9,12H2,1H3,(H,23,26). The lowest BCUT2D eigenvalue weighted by molar-refractivity contribution is -0.136. The summed E-state index contributed by atoms with van der Waals surface area (Å²) in [7, 11) is 1.44. The van der Waals surface area contributed by atoms with E-state index in [0.29, 0.717) is 32.1 Å². The normalized spacial score (nSPS) is 15.4. The Bertz CT molecular complexity index is 858. The number of hydrogen-bond acceptors (Lipinski definition) is 6. The molecule has 1 aromatic carbocycles. The van der Waals surface area contributed by atoms with Crippen LogP contribution in [0.25, 0.3) is 10.9 Å². The highest BCUT2D eigenvalue weighted by molar-refractivity contribution is 7.99. The van der Waals surface area contributed by atoms with E-state index in [9.17, 15) is 18.0 Å². The molecule has 0 spiro atoms. The Kier molecular flexibility index (Phi) is 7.20. The number of methoxy groups -OCH3 is 1. The van der Waals surface area contributed by atoms with Gasteiger partial charge in [-0.3, -0.25) is 9.69 Å². The number of nitrogens with zero attached hydrogens (tertiary/aromatic N) is 2. The number of thioether (sulfide) groups is 1. The average Bonchev–Trinajstić information content (AvgIpc) is 2.71. The summed E-state index contributed by atoms with van der Waals surface area (Å²) in [6.07, 6.45) is -4.52. The molecular weight excluding hydrogens is 407 g/mol. The lowest BCUT2D eigenvalue weighted by Gasteiger charge is -2.26. The zero-order valence-corrected chi connectivity index (χ0v) is 16.7. The minimum Gasteiger partial charge on any atom is -0.497 e. The van der Waals surface area contributed by atoms with Crippen LogP contribution in [0, 0.1) is 0 Å². The van der Waals surface area contributed by atoms with Gasteiger partial charge in [-0.15, -0.1) is 0 Å². The predicted molar refractivity (Wildman–Crippen MR) is 104 cm³/mol. The van der Waals surface area contributed by atoms with Gasteiger partial charge in [0, 0.05) is 37.6 Å². The molecule has 2 aromatic rings. The number of pyridine rings is 1. The maximum atomic E-state index is 13.5. The van der Waals surface area contributed by atoms with Crippen molar-refractivity contribution in [2.45, 2.75) is 11.2 Å². The van der Waals surface area contributed by atoms with Crippen LogP contribution >= 0.6 is 11.8 Å². The maximum Gasteiger partial charge on any atom is 0.417 e. The SMILES string of the molecule is COc1ccc2c(C(F)(F)F)cc(SCC(=O)NCCN3CCOCC3)nc2c1. The summed E-state index contributed by atoms with van der Waals surface area (Å²) in [5.41, 5.74) is -0.602. The smallest absolute Gasteiger partial charge is 0.417 e. The number of alkyl halides is 3. The van der Waals surface area contributed by atoms with Gasteiger partial charge in [0.15, 0.2) is 0 Å². The van der Waals surface area contributed by atoms with Gasteiger partial charge in [-0.05, 0) is 18.2 Å². The number of carbonyl (C=O) groups excluding carboxylic acids is 1. The van der Waals surface area contributed by atoms with Crippen LogP contribution in [0.15, 0.2) is 29.3 Å². The Morgan fingerprint density at radius 3 is 2.76 bits per heavy atom. The monoisotopic (exact) mass is 429 g/mol. The van der Waals surface area contributed by atoms with Gasteiger partial charge in [0.25, 0.3) is 0 Å².